The Hall–Kier alpha value is -5.22. The standard InChI is InChI=1S/C35H33N5O4S/c1-5-6-18-44-29-16-12-24(20-30(29)43-4)13-17-32-36-35-40(37-32)34(41)31(45-35)21-25-22-39(26-10-8-7-9-11-26)38-33(25)28-15-14-27(42-3)19-23(28)2/h7-17,19-22H,5-6,18H2,1-4H3/b17-13+,31-21-. The van der Waals surface area contributed by atoms with Gasteiger partial charge in [0.2, 0.25) is 4.96 Å². The van der Waals surface area contributed by atoms with Gasteiger partial charge in [-0.3, -0.25) is 4.79 Å². The largest absolute Gasteiger partial charge is 0.497 e. The molecule has 45 heavy (non-hydrogen) atoms. The normalized spacial score (nSPS) is 12.0. The number of hydrogen-bond acceptors (Lipinski definition) is 8. The van der Waals surface area contributed by atoms with Crippen LogP contribution in [0.4, 0.5) is 0 Å². The van der Waals surface area contributed by atoms with Crippen molar-refractivity contribution < 1.29 is 14.2 Å². The number of thiazole rings is 1. The molecule has 0 aliphatic heterocycles. The molecular weight excluding hydrogens is 586 g/mol. The third kappa shape index (κ3) is 6.37. The first-order valence-corrected chi connectivity index (χ1v) is 15.5. The quantitative estimate of drug-likeness (QED) is 0.159. The lowest BCUT2D eigenvalue weighted by atomic mass is 10.0. The maximum Gasteiger partial charge on any atom is 0.291 e. The van der Waals surface area contributed by atoms with E-state index in [0.717, 1.165) is 52.2 Å². The van der Waals surface area contributed by atoms with Crippen LogP contribution in [-0.4, -0.2) is 45.2 Å². The summed E-state index contributed by atoms with van der Waals surface area (Å²) in [5.41, 5.74) is 5.13. The highest BCUT2D eigenvalue weighted by Crippen LogP contribution is 2.31. The number of ether oxygens (including phenoxy) is 3. The van der Waals surface area contributed by atoms with Crippen molar-refractivity contribution in [2.75, 3.05) is 20.8 Å². The van der Waals surface area contributed by atoms with Crippen molar-refractivity contribution in [2.24, 2.45) is 0 Å². The van der Waals surface area contributed by atoms with E-state index in [0.29, 0.717) is 33.4 Å². The van der Waals surface area contributed by atoms with Crippen molar-refractivity contribution in [3.63, 3.8) is 0 Å². The second kappa shape index (κ2) is 13.2. The van der Waals surface area contributed by atoms with E-state index in [-0.39, 0.29) is 5.56 Å². The van der Waals surface area contributed by atoms with Gasteiger partial charge in [-0.15, -0.1) is 5.10 Å². The number of methoxy groups -OCH3 is 2. The maximum absolute atomic E-state index is 13.5. The smallest absolute Gasteiger partial charge is 0.291 e. The zero-order valence-corrected chi connectivity index (χ0v) is 26.4. The average molecular weight is 620 g/mol. The number of aryl methyl sites for hydroxylation is 1. The molecule has 0 fully saturated rings. The van der Waals surface area contributed by atoms with Crippen molar-refractivity contribution in [2.45, 2.75) is 26.7 Å². The molecule has 3 aromatic heterocycles. The van der Waals surface area contributed by atoms with Gasteiger partial charge >= 0.3 is 0 Å². The van der Waals surface area contributed by atoms with Crippen LogP contribution in [0.15, 0.2) is 77.7 Å². The Labute approximate surface area is 264 Å². The summed E-state index contributed by atoms with van der Waals surface area (Å²) >= 11 is 1.29. The van der Waals surface area contributed by atoms with E-state index in [1.54, 1.807) is 20.3 Å². The number of fused-ring (bicyclic) bond motifs is 1. The molecule has 3 aromatic carbocycles. The predicted molar refractivity (Wildman–Crippen MR) is 179 cm³/mol. The molecule has 0 N–H and O–H groups in total. The van der Waals surface area contributed by atoms with Crippen LogP contribution in [0, 0.1) is 6.92 Å². The Bertz CT molecular complexity index is 2100. The maximum atomic E-state index is 13.5. The van der Waals surface area contributed by atoms with Gasteiger partial charge in [0.1, 0.15) is 11.4 Å². The van der Waals surface area contributed by atoms with Crippen molar-refractivity contribution in [1.29, 1.82) is 0 Å². The molecule has 6 aromatic rings. The molecule has 0 aliphatic carbocycles. The van der Waals surface area contributed by atoms with Gasteiger partial charge < -0.3 is 14.2 Å². The molecule has 0 atom stereocenters. The summed E-state index contributed by atoms with van der Waals surface area (Å²) in [6.45, 7) is 4.79. The molecule has 0 saturated carbocycles. The minimum Gasteiger partial charge on any atom is -0.497 e. The van der Waals surface area contributed by atoms with E-state index in [2.05, 4.69) is 17.0 Å². The van der Waals surface area contributed by atoms with Crippen LogP contribution in [0.3, 0.4) is 0 Å². The molecule has 228 valence electrons. The first-order valence-electron chi connectivity index (χ1n) is 14.7. The molecule has 6 rings (SSSR count). The fourth-order valence-electron chi connectivity index (χ4n) is 4.91. The Morgan fingerprint density at radius 1 is 0.933 bits per heavy atom. The Morgan fingerprint density at radius 2 is 1.78 bits per heavy atom. The van der Waals surface area contributed by atoms with E-state index >= 15 is 0 Å². The third-order valence-corrected chi connectivity index (χ3v) is 8.26. The van der Waals surface area contributed by atoms with Gasteiger partial charge in [0.15, 0.2) is 17.3 Å². The lowest BCUT2D eigenvalue weighted by Gasteiger charge is -2.10. The third-order valence-electron chi connectivity index (χ3n) is 7.30. The highest BCUT2D eigenvalue weighted by molar-refractivity contribution is 7.15. The van der Waals surface area contributed by atoms with E-state index in [9.17, 15) is 4.79 Å². The molecule has 0 unspecified atom stereocenters. The van der Waals surface area contributed by atoms with Crippen LogP contribution in [0.1, 0.15) is 42.3 Å². The summed E-state index contributed by atoms with van der Waals surface area (Å²) in [4.78, 5) is 18.6. The number of benzene rings is 3. The summed E-state index contributed by atoms with van der Waals surface area (Å²) in [5, 5.41) is 9.39. The van der Waals surface area contributed by atoms with Gasteiger partial charge in [-0.1, -0.05) is 55.0 Å². The molecular formula is C35H33N5O4S. The monoisotopic (exact) mass is 619 g/mol. The van der Waals surface area contributed by atoms with E-state index < -0.39 is 0 Å². The van der Waals surface area contributed by atoms with Crippen LogP contribution < -0.4 is 24.3 Å². The summed E-state index contributed by atoms with van der Waals surface area (Å²) in [6.07, 6.45) is 9.51. The van der Waals surface area contributed by atoms with Crippen LogP contribution in [-0.2, 0) is 0 Å². The minimum absolute atomic E-state index is 0.234. The number of hydrogen-bond donors (Lipinski definition) is 0. The SMILES string of the molecule is CCCCOc1ccc(/C=C/c2nc3s/c(=C\c4cn(-c5ccccc5)nc4-c4ccc(OC)cc4C)c(=O)n3n2)cc1OC. The molecule has 0 saturated heterocycles. The fraction of sp³-hybridized carbons (Fsp3) is 0.200. The first kappa shape index (κ1) is 29.8. The summed E-state index contributed by atoms with van der Waals surface area (Å²) in [7, 11) is 3.27. The lowest BCUT2D eigenvalue weighted by Crippen LogP contribution is -2.23. The molecule has 0 spiro atoms. The van der Waals surface area contributed by atoms with Crippen molar-refractivity contribution in [3.8, 4) is 34.2 Å². The molecule has 0 amide bonds. The fourth-order valence-corrected chi connectivity index (χ4v) is 5.81. The average Bonchev–Trinajstić information content (AvgIpc) is 3.75. The van der Waals surface area contributed by atoms with Gasteiger partial charge in [-0.25, -0.2) is 4.68 Å². The Balaban J connectivity index is 1.33. The second-order valence-electron chi connectivity index (χ2n) is 10.4. The van der Waals surface area contributed by atoms with Crippen LogP contribution in [0.2, 0.25) is 0 Å². The number of unbranched alkanes of at least 4 members (excludes halogenated alkanes) is 1. The van der Waals surface area contributed by atoms with Gasteiger partial charge in [0.25, 0.3) is 5.56 Å². The summed E-state index contributed by atoms with van der Waals surface area (Å²) in [5.74, 6) is 2.59. The van der Waals surface area contributed by atoms with Crippen LogP contribution in [0.25, 0.3) is 40.1 Å². The van der Waals surface area contributed by atoms with E-state index in [1.165, 1.54) is 15.9 Å². The molecule has 0 aliphatic rings. The predicted octanol–water partition coefficient (Wildman–Crippen LogP) is 6.23. The zero-order valence-electron chi connectivity index (χ0n) is 25.6. The Morgan fingerprint density at radius 3 is 2.51 bits per heavy atom. The molecule has 9 nitrogen and oxygen atoms in total. The summed E-state index contributed by atoms with van der Waals surface area (Å²) < 4.78 is 20.4. The second-order valence-corrected chi connectivity index (χ2v) is 11.4. The summed E-state index contributed by atoms with van der Waals surface area (Å²) in [6, 6.07) is 21.5. The van der Waals surface area contributed by atoms with Gasteiger partial charge in [0, 0.05) is 17.3 Å². The topological polar surface area (TPSA) is 92.8 Å². The number of nitrogens with zero attached hydrogens (tertiary/aromatic N) is 5. The molecule has 0 bridgehead atoms. The van der Waals surface area contributed by atoms with E-state index in [4.69, 9.17) is 19.3 Å². The van der Waals surface area contributed by atoms with Gasteiger partial charge in [-0.05, 0) is 79.1 Å². The number of aromatic nitrogens is 5. The van der Waals surface area contributed by atoms with Gasteiger partial charge in [0.05, 0.1) is 31.0 Å². The van der Waals surface area contributed by atoms with E-state index in [1.807, 2.05) is 96.7 Å². The molecule has 0 radical (unpaired) electrons. The molecule has 3 heterocycles. The van der Waals surface area contributed by atoms with Crippen LogP contribution in [0.5, 0.6) is 17.2 Å². The molecule has 10 heteroatoms. The Kier molecular flexibility index (Phi) is 8.74. The highest BCUT2D eigenvalue weighted by Gasteiger charge is 2.16. The minimum atomic E-state index is -0.234. The van der Waals surface area contributed by atoms with Gasteiger partial charge in [-0.2, -0.15) is 14.6 Å². The van der Waals surface area contributed by atoms with Crippen LogP contribution >= 0.6 is 11.3 Å². The number of para-hydroxylation sites is 1. The van der Waals surface area contributed by atoms with Crippen molar-refractivity contribution in [1.82, 2.24) is 24.4 Å². The van der Waals surface area contributed by atoms with Crippen molar-refractivity contribution >= 4 is 34.5 Å². The van der Waals surface area contributed by atoms with Crippen molar-refractivity contribution in [3.05, 3.63) is 110 Å². The first-order chi connectivity index (χ1) is 22.0. The zero-order chi connectivity index (χ0) is 31.3. The lowest BCUT2D eigenvalue weighted by molar-refractivity contribution is 0.288. The highest BCUT2D eigenvalue weighted by atomic mass is 32.1. The number of rotatable bonds is 11.